The van der Waals surface area contributed by atoms with Crippen LogP contribution < -0.4 is 10.1 Å². The van der Waals surface area contributed by atoms with Gasteiger partial charge < -0.3 is 15.2 Å². The molecule has 0 saturated heterocycles. The number of likely N-dealkylation sites (N-methyl/N-ethyl adjacent to an activating group) is 1. The van der Waals surface area contributed by atoms with Gasteiger partial charge in [-0.25, -0.2) is 0 Å². The van der Waals surface area contributed by atoms with Crippen LogP contribution in [0.5, 0.6) is 11.5 Å². The Bertz CT molecular complexity index is 447. The van der Waals surface area contributed by atoms with Crippen LogP contribution in [0.4, 0.5) is 0 Å². The number of rotatable bonds is 4. The molecule has 1 aromatic rings. The van der Waals surface area contributed by atoms with Crippen molar-refractivity contribution >= 4 is 5.78 Å². The highest BCUT2D eigenvalue weighted by Crippen LogP contribution is 2.36. The van der Waals surface area contributed by atoms with Crippen molar-refractivity contribution in [3.63, 3.8) is 0 Å². The number of aromatic hydroxyl groups is 1. The number of ketones is 1. The third-order valence-electron chi connectivity index (χ3n) is 2.76. The number of hydrogen-bond acceptors (Lipinski definition) is 4. The molecule has 4 nitrogen and oxygen atoms in total. The molecule has 18 heavy (non-hydrogen) atoms. The first-order valence-electron chi connectivity index (χ1n) is 5.90. The Hall–Kier alpha value is -1.55. The fraction of sp³-hybridized carbons (Fsp3) is 0.500. The highest BCUT2D eigenvalue weighted by atomic mass is 16.5. The summed E-state index contributed by atoms with van der Waals surface area (Å²) in [5, 5.41) is 12.8. The number of carbonyl (C=O) groups excluding carboxylic acids is 1. The third kappa shape index (κ3) is 3.01. The average Bonchev–Trinajstić information content (AvgIpc) is 2.27. The van der Waals surface area contributed by atoms with Gasteiger partial charge in [-0.2, -0.15) is 0 Å². The topological polar surface area (TPSA) is 58.6 Å². The van der Waals surface area contributed by atoms with E-state index in [2.05, 4.69) is 5.32 Å². The Kier molecular flexibility index (Phi) is 4.35. The first-order valence-corrected chi connectivity index (χ1v) is 5.90. The summed E-state index contributed by atoms with van der Waals surface area (Å²) in [4.78, 5) is 11.9. The number of phenolic OH excluding ortho intramolecular Hbond substituents is 1. The van der Waals surface area contributed by atoms with Crippen LogP contribution in [0.2, 0.25) is 0 Å². The Morgan fingerprint density at radius 3 is 2.44 bits per heavy atom. The molecule has 4 heteroatoms. The minimum atomic E-state index is -0.206. The quantitative estimate of drug-likeness (QED) is 0.805. The maximum absolute atomic E-state index is 11.9. The normalized spacial score (nSPS) is 11.4. The van der Waals surface area contributed by atoms with Gasteiger partial charge in [0.1, 0.15) is 11.5 Å². The zero-order valence-electron chi connectivity index (χ0n) is 11.6. The lowest BCUT2D eigenvalue weighted by Gasteiger charge is -2.22. The number of carbonyl (C=O) groups is 1. The summed E-state index contributed by atoms with van der Waals surface area (Å²) in [6.45, 7) is 6.20. The third-order valence-corrected chi connectivity index (χ3v) is 2.76. The summed E-state index contributed by atoms with van der Waals surface area (Å²) < 4.78 is 5.24. The molecule has 100 valence electrons. The van der Waals surface area contributed by atoms with Crippen LogP contribution >= 0.6 is 0 Å². The smallest absolute Gasteiger partial charge is 0.180 e. The Morgan fingerprint density at radius 1 is 1.39 bits per heavy atom. The van der Waals surface area contributed by atoms with Crippen LogP contribution in [0.3, 0.4) is 0 Å². The molecule has 0 aromatic heterocycles. The minimum Gasteiger partial charge on any atom is -0.508 e. The lowest BCUT2D eigenvalue weighted by atomic mass is 9.85. The maximum atomic E-state index is 11.9. The number of ether oxygens (including phenoxy) is 1. The average molecular weight is 251 g/mol. The summed E-state index contributed by atoms with van der Waals surface area (Å²) in [5.74, 6) is 0.519. The lowest BCUT2D eigenvalue weighted by molar-refractivity contribution is 0.0990. The van der Waals surface area contributed by atoms with Crippen molar-refractivity contribution in [1.29, 1.82) is 0 Å². The van der Waals surface area contributed by atoms with Gasteiger partial charge in [0.05, 0.1) is 19.2 Å². The Labute approximate surface area is 108 Å². The van der Waals surface area contributed by atoms with E-state index < -0.39 is 0 Å². The fourth-order valence-corrected chi connectivity index (χ4v) is 1.81. The molecule has 0 fully saturated rings. The molecule has 0 aliphatic heterocycles. The van der Waals surface area contributed by atoms with E-state index in [4.69, 9.17) is 4.74 Å². The van der Waals surface area contributed by atoms with E-state index >= 15 is 0 Å². The molecule has 0 heterocycles. The molecule has 1 aromatic carbocycles. The molecule has 0 unspecified atom stereocenters. The van der Waals surface area contributed by atoms with Gasteiger partial charge in [-0.3, -0.25) is 4.79 Å². The molecule has 0 bridgehead atoms. The van der Waals surface area contributed by atoms with E-state index in [1.807, 2.05) is 20.8 Å². The molecule has 0 atom stereocenters. The molecular formula is C14H21NO3. The molecule has 1 rings (SSSR count). The summed E-state index contributed by atoms with van der Waals surface area (Å²) in [7, 11) is 3.22. The van der Waals surface area contributed by atoms with E-state index in [1.165, 1.54) is 13.2 Å². The molecule has 0 aliphatic rings. The zero-order valence-corrected chi connectivity index (χ0v) is 11.6. The van der Waals surface area contributed by atoms with Crippen LogP contribution in [0.25, 0.3) is 0 Å². The highest BCUT2D eigenvalue weighted by molar-refractivity contribution is 6.00. The number of hydrogen-bond donors (Lipinski definition) is 2. The van der Waals surface area contributed by atoms with Crippen molar-refractivity contribution in [3.05, 3.63) is 23.3 Å². The first kappa shape index (κ1) is 14.5. The zero-order chi connectivity index (χ0) is 13.9. The number of benzene rings is 1. The van der Waals surface area contributed by atoms with Crippen molar-refractivity contribution in [2.24, 2.45) is 0 Å². The summed E-state index contributed by atoms with van der Waals surface area (Å²) in [5.41, 5.74) is 0.958. The molecule has 0 saturated carbocycles. The first-order chi connectivity index (χ1) is 8.31. The van der Waals surface area contributed by atoms with Crippen LogP contribution in [0.1, 0.15) is 36.7 Å². The minimum absolute atomic E-state index is 0.106. The van der Waals surface area contributed by atoms with Gasteiger partial charge in [0.15, 0.2) is 5.78 Å². The molecule has 0 spiro atoms. The van der Waals surface area contributed by atoms with E-state index in [0.29, 0.717) is 11.3 Å². The fourth-order valence-electron chi connectivity index (χ4n) is 1.81. The van der Waals surface area contributed by atoms with Crippen molar-refractivity contribution in [2.75, 3.05) is 20.7 Å². The van der Waals surface area contributed by atoms with E-state index in [1.54, 1.807) is 13.1 Å². The number of phenols is 1. The van der Waals surface area contributed by atoms with E-state index in [9.17, 15) is 9.90 Å². The van der Waals surface area contributed by atoms with E-state index in [0.717, 1.165) is 5.56 Å². The van der Waals surface area contributed by atoms with Gasteiger partial charge in [-0.15, -0.1) is 0 Å². The highest BCUT2D eigenvalue weighted by Gasteiger charge is 2.22. The van der Waals surface area contributed by atoms with Gasteiger partial charge in [0, 0.05) is 5.56 Å². The Morgan fingerprint density at radius 2 is 2.00 bits per heavy atom. The van der Waals surface area contributed by atoms with Gasteiger partial charge in [-0.1, -0.05) is 20.8 Å². The lowest BCUT2D eigenvalue weighted by Crippen LogP contribution is -2.20. The molecule has 0 aliphatic carbocycles. The number of methoxy groups -OCH3 is 1. The second kappa shape index (κ2) is 5.40. The Balaban J connectivity index is 3.32. The van der Waals surface area contributed by atoms with Crippen LogP contribution in [-0.4, -0.2) is 31.6 Å². The van der Waals surface area contributed by atoms with Gasteiger partial charge in [-0.05, 0) is 24.6 Å². The monoisotopic (exact) mass is 251 g/mol. The van der Waals surface area contributed by atoms with Crippen LogP contribution in [-0.2, 0) is 5.41 Å². The van der Waals surface area contributed by atoms with E-state index in [-0.39, 0.29) is 23.5 Å². The summed E-state index contributed by atoms with van der Waals surface area (Å²) in [6.07, 6.45) is 0. The van der Waals surface area contributed by atoms with Crippen molar-refractivity contribution in [3.8, 4) is 11.5 Å². The molecule has 2 N–H and O–H groups in total. The van der Waals surface area contributed by atoms with Gasteiger partial charge >= 0.3 is 0 Å². The number of nitrogens with one attached hydrogen (secondary N) is 1. The van der Waals surface area contributed by atoms with Crippen LogP contribution in [0.15, 0.2) is 12.1 Å². The van der Waals surface area contributed by atoms with Gasteiger partial charge in [0.25, 0.3) is 0 Å². The van der Waals surface area contributed by atoms with Crippen molar-refractivity contribution in [2.45, 2.75) is 26.2 Å². The standard InChI is InChI=1S/C14H21NO3/c1-14(2,3)10-7-13(18-5)9(6-11(10)16)12(17)8-15-4/h6-7,15-16H,8H2,1-5H3. The second-order valence-corrected chi connectivity index (χ2v) is 5.27. The molecular weight excluding hydrogens is 230 g/mol. The van der Waals surface area contributed by atoms with Crippen molar-refractivity contribution < 1.29 is 14.6 Å². The molecule has 0 amide bonds. The second-order valence-electron chi connectivity index (χ2n) is 5.27. The predicted octanol–water partition coefficient (Wildman–Crippen LogP) is 2.10. The largest absolute Gasteiger partial charge is 0.508 e. The molecule has 0 radical (unpaired) electrons. The maximum Gasteiger partial charge on any atom is 0.180 e. The van der Waals surface area contributed by atoms with Gasteiger partial charge in [0.2, 0.25) is 0 Å². The predicted molar refractivity (Wildman–Crippen MR) is 71.6 cm³/mol. The SMILES string of the molecule is CNCC(=O)c1cc(O)c(C(C)(C)C)cc1OC. The number of Topliss-reactive ketones (excluding diaryl/α,β-unsaturated/α-hetero) is 1. The summed E-state index contributed by atoms with van der Waals surface area (Å²) >= 11 is 0. The van der Waals surface area contributed by atoms with Crippen molar-refractivity contribution in [1.82, 2.24) is 5.32 Å². The van der Waals surface area contributed by atoms with Crippen LogP contribution in [0, 0.1) is 0 Å². The summed E-state index contributed by atoms with van der Waals surface area (Å²) in [6, 6.07) is 3.22.